The fourth-order valence-corrected chi connectivity index (χ4v) is 2.52. The fraction of sp³-hybridized carbons (Fsp3) is 0.583. The monoisotopic (exact) mass is 317 g/mol. The number of halogens is 2. The molecule has 100 valence electrons. The van der Waals surface area contributed by atoms with Crippen LogP contribution >= 0.6 is 15.9 Å². The highest BCUT2D eigenvalue weighted by atomic mass is 79.9. The van der Waals surface area contributed by atoms with Crippen LogP contribution in [0.3, 0.4) is 0 Å². The van der Waals surface area contributed by atoms with Crippen LogP contribution in [0.4, 0.5) is 10.2 Å². The van der Waals surface area contributed by atoms with E-state index in [1.54, 1.807) is 6.20 Å². The van der Waals surface area contributed by atoms with E-state index < -0.39 is 0 Å². The standard InChI is InChI=1S/C12H17BrFN3O/c1-12(2)7-17(6-9(4-15)18-12)11-10(14)3-8(13)5-16-11/h3,5,9H,4,6-7,15H2,1-2H3. The summed E-state index contributed by atoms with van der Waals surface area (Å²) in [6.45, 7) is 5.51. The molecule has 0 aliphatic carbocycles. The lowest BCUT2D eigenvalue weighted by Gasteiger charge is -2.43. The van der Waals surface area contributed by atoms with Crippen molar-refractivity contribution in [1.82, 2.24) is 4.98 Å². The van der Waals surface area contributed by atoms with Crippen molar-refractivity contribution in [2.75, 3.05) is 24.5 Å². The molecule has 1 aliphatic heterocycles. The molecule has 0 bridgehead atoms. The summed E-state index contributed by atoms with van der Waals surface area (Å²) in [6, 6.07) is 1.42. The Balaban J connectivity index is 2.26. The number of hydrogen-bond acceptors (Lipinski definition) is 4. The number of rotatable bonds is 2. The summed E-state index contributed by atoms with van der Waals surface area (Å²) in [5.74, 6) is 0.0193. The minimum Gasteiger partial charge on any atom is -0.367 e. The number of aromatic nitrogens is 1. The zero-order valence-corrected chi connectivity index (χ0v) is 12.1. The Bertz CT molecular complexity index is 441. The second-order valence-corrected chi connectivity index (χ2v) is 5.99. The Hall–Kier alpha value is -0.720. The molecule has 18 heavy (non-hydrogen) atoms. The van der Waals surface area contributed by atoms with Crippen LogP contribution in [0.2, 0.25) is 0 Å². The third-order valence-corrected chi connectivity index (χ3v) is 3.27. The zero-order chi connectivity index (χ0) is 13.3. The van der Waals surface area contributed by atoms with Crippen LogP contribution in [0.5, 0.6) is 0 Å². The Labute approximate surface area is 114 Å². The van der Waals surface area contributed by atoms with Gasteiger partial charge < -0.3 is 15.4 Å². The average Bonchev–Trinajstić information content (AvgIpc) is 2.26. The average molecular weight is 318 g/mol. The van der Waals surface area contributed by atoms with Crippen molar-refractivity contribution in [3.05, 3.63) is 22.6 Å². The number of pyridine rings is 1. The first-order chi connectivity index (χ1) is 8.41. The van der Waals surface area contributed by atoms with Crippen LogP contribution in [0.1, 0.15) is 13.8 Å². The van der Waals surface area contributed by atoms with Crippen molar-refractivity contribution in [1.29, 1.82) is 0 Å². The van der Waals surface area contributed by atoms with E-state index in [-0.39, 0.29) is 17.5 Å². The highest BCUT2D eigenvalue weighted by Gasteiger charge is 2.34. The summed E-state index contributed by atoms with van der Waals surface area (Å²) < 4.78 is 20.4. The molecule has 2 heterocycles. The summed E-state index contributed by atoms with van der Waals surface area (Å²) in [5.41, 5.74) is 5.30. The minimum absolute atomic E-state index is 0.0985. The molecular weight excluding hydrogens is 301 g/mol. The van der Waals surface area contributed by atoms with Crippen LogP contribution in [0.15, 0.2) is 16.7 Å². The maximum atomic E-state index is 13.9. The van der Waals surface area contributed by atoms with Crippen LogP contribution in [-0.2, 0) is 4.74 Å². The van der Waals surface area contributed by atoms with Gasteiger partial charge in [0.2, 0.25) is 0 Å². The van der Waals surface area contributed by atoms with Crippen molar-refractivity contribution in [2.45, 2.75) is 25.6 Å². The van der Waals surface area contributed by atoms with Crippen molar-refractivity contribution in [3.8, 4) is 0 Å². The molecule has 2 rings (SSSR count). The van der Waals surface area contributed by atoms with Crippen LogP contribution in [-0.4, -0.2) is 36.3 Å². The lowest BCUT2D eigenvalue weighted by atomic mass is 10.1. The number of nitrogens with two attached hydrogens (primary N) is 1. The van der Waals surface area contributed by atoms with E-state index in [0.717, 1.165) is 0 Å². The highest BCUT2D eigenvalue weighted by Crippen LogP contribution is 2.27. The molecule has 0 radical (unpaired) electrons. The Morgan fingerprint density at radius 1 is 1.67 bits per heavy atom. The van der Waals surface area contributed by atoms with Gasteiger partial charge in [-0.3, -0.25) is 0 Å². The molecule has 1 aromatic heterocycles. The molecule has 1 saturated heterocycles. The molecule has 0 saturated carbocycles. The van der Waals surface area contributed by atoms with E-state index in [4.69, 9.17) is 10.5 Å². The van der Waals surface area contributed by atoms with Crippen LogP contribution < -0.4 is 10.6 Å². The molecular formula is C12H17BrFN3O. The molecule has 2 N–H and O–H groups in total. The summed E-state index contributed by atoms with van der Waals surface area (Å²) >= 11 is 3.20. The van der Waals surface area contributed by atoms with Crippen molar-refractivity contribution in [2.24, 2.45) is 5.73 Å². The lowest BCUT2D eigenvalue weighted by Crippen LogP contribution is -2.55. The van der Waals surface area contributed by atoms with Gasteiger partial charge >= 0.3 is 0 Å². The second kappa shape index (κ2) is 5.11. The topological polar surface area (TPSA) is 51.4 Å². The third-order valence-electron chi connectivity index (χ3n) is 2.83. The molecule has 1 aliphatic rings. The van der Waals surface area contributed by atoms with E-state index in [9.17, 15) is 4.39 Å². The van der Waals surface area contributed by atoms with Gasteiger partial charge in [0.05, 0.1) is 11.7 Å². The van der Waals surface area contributed by atoms with Crippen molar-refractivity contribution >= 4 is 21.7 Å². The van der Waals surface area contributed by atoms with Gasteiger partial charge in [0.1, 0.15) is 0 Å². The second-order valence-electron chi connectivity index (χ2n) is 5.07. The summed E-state index contributed by atoms with van der Waals surface area (Å²) in [4.78, 5) is 6.04. The molecule has 4 nitrogen and oxygen atoms in total. The van der Waals surface area contributed by atoms with Crippen LogP contribution in [0.25, 0.3) is 0 Å². The molecule has 0 aromatic carbocycles. The Morgan fingerprint density at radius 2 is 2.39 bits per heavy atom. The van der Waals surface area contributed by atoms with E-state index in [0.29, 0.717) is 29.9 Å². The lowest BCUT2D eigenvalue weighted by molar-refractivity contribution is -0.0791. The third kappa shape index (κ3) is 2.99. The van der Waals surface area contributed by atoms with Gasteiger partial charge in [-0.05, 0) is 35.8 Å². The van der Waals surface area contributed by atoms with E-state index in [2.05, 4.69) is 20.9 Å². The predicted octanol–water partition coefficient (Wildman–Crippen LogP) is 1.93. The fourth-order valence-electron chi connectivity index (χ4n) is 2.22. The van der Waals surface area contributed by atoms with Gasteiger partial charge in [0.15, 0.2) is 11.6 Å². The Kier molecular flexibility index (Phi) is 3.89. The number of nitrogens with zero attached hydrogens (tertiary/aromatic N) is 2. The van der Waals surface area contributed by atoms with E-state index in [1.807, 2.05) is 18.7 Å². The van der Waals surface area contributed by atoms with Gasteiger partial charge in [0, 0.05) is 30.3 Å². The molecule has 1 atom stereocenters. The normalized spacial score (nSPS) is 23.2. The first-order valence-electron chi connectivity index (χ1n) is 5.85. The molecule has 1 aromatic rings. The maximum absolute atomic E-state index is 13.9. The first-order valence-corrected chi connectivity index (χ1v) is 6.64. The number of ether oxygens (including phenoxy) is 1. The molecule has 1 fully saturated rings. The van der Waals surface area contributed by atoms with Gasteiger partial charge in [-0.1, -0.05) is 0 Å². The quantitative estimate of drug-likeness (QED) is 0.905. The SMILES string of the molecule is CC1(C)CN(c2ncc(Br)cc2F)CC(CN)O1. The summed E-state index contributed by atoms with van der Waals surface area (Å²) in [6.07, 6.45) is 1.50. The largest absolute Gasteiger partial charge is 0.367 e. The summed E-state index contributed by atoms with van der Waals surface area (Å²) in [5, 5.41) is 0. The van der Waals surface area contributed by atoms with Gasteiger partial charge in [-0.25, -0.2) is 9.37 Å². The van der Waals surface area contributed by atoms with Crippen molar-refractivity contribution in [3.63, 3.8) is 0 Å². The highest BCUT2D eigenvalue weighted by molar-refractivity contribution is 9.10. The van der Waals surface area contributed by atoms with Gasteiger partial charge in [0.25, 0.3) is 0 Å². The van der Waals surface area contributed by atoms with Crippen LogP contribution in [0, 0.1) is 5.82 Å². The smallest absolute Gasteiger partial charge is 0.166 e. The number of hydrogen-bond donors (Lipinski definition) is 1. The zero-order valence-electron chi connectivity index (χ0n) is 10.5. The predicted molar refractivity (Wildman–Crippen MR) is 72.1 cm³/mol. The van der Waals surface area contributed by atoms with E-state index in [1.165, 1.54) is 6.07 Å². The van der Waals surface area contributed by atoms with Gasteiger partial charge in [-0.2, -0.15) is 0 Å². The van der Waals surface area contributed by atoms with Gasteiger partial charge in [-0.15, -0.1) is 0 Å². The number of anilines is 1. The molecule has 0 spiro atoms. The maximum Gasteiger partial charge on any atom is 0.166 e. The minimum atomic E-state index is -0.358. The molecule has 6 heteroatoms. The Morgan fingerprint density at radius 3 is 3.00 bits per heavy atom. The first kappa shape index (κ1) is 13.7. The molecule has 0 amide bonds. The van der Waals surface area contributed by atoms with E-state index >= 15 is 0 Å². The summed E-state index contributed by atoms with van der Waals surface area (Å²) in [7, 11) is 0. The van der Waals surface area contributed by atoms with Crippen molar-refractivity contribution < 1.29 is 9.13 Å². The molecule has 1 unspecified atom stereocenters. The number of morpholine rings is 1.